The number of carbonyl (C=O) groups excluding carboxylic acids is 1. The Kier molecular flexibility index (Phi) is 2.73. The standard InChI is InChI=1S/C11H12O2/c1-2-8-13-11(12)9-10-6-4-3-5-7-10/h2-7H,1,8-9H2/i8D2. The van der Waals surface area contributed by atoms with Crippen molar-refractivity contribution in [1.82, 2.24) is 0 Å². The molecule has 0 unspecified atom stereocenters. The Hall–Kier alpha value is -1.57. The van der Waals surface area contributed by atoms with Gasteiger partial charge < -0.3 is 4.74 Å². The molecule has 0 spiro atoms. The molecule has 0 aliphatic heterocycles. The Balaban J connectivity index is 2.54. The number of hydrogen-bond acceptors (Lipinski definition) is 2. The van der Waals surface area contributed by atoms with E-state index in [1.165, 1.54) is 0 Å². The van der Waals surface area contributed by atoms with Gasteiger partial charge in [0.1, 0.15) is 6.56 Å². The Labute approximate surface area is 80.7 Å². The molecule has 1 aromatic carbocycles. The highest BCUT2D eigenvalue weighted by atomic mass is 16.5. The van der Waals surface area contributed by atoms with Gasteiger partial charge in [-0.25, -0.2) is 0 Å². The summed E-state index contributed by atoms with van der Waals surface area (Å²) < 4.78 is 18.9. The smallest absolute Gasteiger partial charge is 0.310 e. The largest absolute Gasteiger partial charge is 0.461 e. The van der Waals surface area contributed by atoms with Crippen LogP contribution in [0.15, 0.2) is 43.0 Å². The lowest BCUT2D eigenvalue weighted by Crippen LogP contribution is -2.07. The van der Waals surface area contributed by atoms with E-state index in [-0.39, 0.29) is 6.42 Å². The third-order valence-corrected chi connectivity index (χ3v) is 1.45. The molecule has 0 N–H and O–H groups in total. The maximum absolute atomic E-state index is 11.3. The van der Waals surface area contributed by atoms with E-state index >= 15 is 0 Å². The topological polar surface area (TPSA) is 26.3 Å². The third-order valence-electron chi connectivity index (χ3n) is 1.45. The predicted octanol–water partition coefficient (Wildman–Crippen LogP) is 1.96. The minimum absolute atomic E-state index is 0.0637. The normalized spacial score (nSPS) is 12.6. The SMILES string of the molecule is [2H]C([2H])(C=C)OC(=O)Cc1ccccc1. The maximum Gasteiger partial charge on any atom is 0.310 e. The number of hydrogen-bond donors (Lipinski definition) is 0. The molecule has 0 saturated carbocycles. The number of esters is 1. The van der Waals surface area contributed by atoms with Crippen LogP contribution in [0.5, 0.6) is 0 Å². The van der Waals surface area contributed by atoms with Gasteiger partial charge in [-0.05, 0) is 5.56 Å². The monoisotopic (exact) mass is 178 g/mol. The van der Waals surface area contributed by atoms with Crippen LogP contribution in [-0.2, 0) is 16.0 Å². The zero-order valence-electron chi connectivity index (χ0n) is 9.19. The minimum atomic E-state index is -2.09. The van der Waals surface area contributed by atoms with Gasteiger partial charge in [-0.15, -0.1) is 0 Å². The lowest BCUT2D eigenvalue weighted by Gasteiger charge is -2.00. The quantitative estimate of drug-likeness (QED) is 0.520. The predicted molar refractivity (Wildman–Crippen MR) is 51.3 cm³/mol. The summed E-state index contributed by atoms with van der Waals surface area (Å²) in [6.45, 7) is 1.15. The zero-order valence-corrected chi connectivity index (χ0v) is 7.19. The van der Waals surface area contributed by atoms with Gasteiger partial charge in [0, 0.05) is 0 Å². The van der Waals surface area contributed by atoms with Gasteiger partial charge in [-0.3, -0.25) is 4.79 Å². The highest BCUT2D eigenvalue weighted by molar-refractivity contribution is 5.72. The Morgan fingerprint density at radius 1 is 1.54 bits per heavy atom. The molecule has 2 heteroatoms. The summed E-state index contributed by atoms with van der Waals surface area (Å²) in [6, 6.07) is 9.03. The Morgan fingerprint density at radius 3 is 2.85 bits per heavy atom. The molecule has 13 heavy (non-hydrogen) atoms. The molecule has 0 radical (unpaired) electrons. The third kappa shape index (κ3) is 3.56. The molecule has 0 saturated heterocycles. The molecule has 0 aromatic heterocycles. The van der Waals surface area contributed by atoms with Gasteiger partial charge in [0.2, 0.25) is 0 Å². The van der Waals surface area contributed by atoms with Crippen molar-refractivity contribution in [3.63, 3.8) is 0 Å². The van der Waals surface area contributed by atoms with Crippen LogP contribution in [0.25, 0.3) is 0 Å². The van der Waals surface area contributed by atoms with Gasteiger partial charge in [0.25, 0.3) is 0 Å². The van der Waals surface area contributed by atoms with Crippen LogP contribution in [0.3, 0.4) is 0 Å². The molecular formula is C11H12O2. The lowest BCUT2D eigenvalue weighted by atomic mass is 10.2. The lowest BCUT2D eigenvalue weighted by molar-refractivity contribution is -0.141. The van der Waals surface area contributed by atoms with E-state index < -0.39 is 12.5 Å². The first kappa shape index (κ1) is 6.89. The van der Waals surface area contributed by atoms with Crippen molar-refractivity contribution < 1.29 is 12.3 Å². The van der Waals surface area contributed by atoms with E-state index in [9.17, 15) is 4.79 Å². The second kappa shape index (κ2) is 5.14. The summed E-state index contributed by atoms with van der Waals surface area (Å²) in [5.41, 5.74) is 0.794. The fourth-order valence-electron chi connectivity index (χ4n) is 0.906. The van der Waals surface area contributed by atoms with Gasteiger partial charge in [-0.2, -0.15) is 0 Å². The van der Waals surface area contributed by atoms with Gasteiger partial charge in [0.15, 0.2) is 0 Å². The molecule has 0 amide bonds. The van der Waals surface area contributed by atoms with E-state index in [1.54, 1.807) is 12.1 Å². The van der Waals surface area contributed by atoms with Crippen molar-refractivity contribution in [1.29, 1.82) is 0 Å². The fourth-order valence-corrected chi connectivity index (χ4v) is 0.906. The summed E-state index contributed by atoms with van der Waals surface area (Å²) in [4.78, 5) is 11.3. The molecular weight excluding hydrogens is 164 g/mol. The van der Waals surface area contributed by atoms with Crippen molar-refractivity contribution >= 4 is 5.97 Å². The van der Waals surface area contributed by atoms with Crippen molar-refractivity contribution in [2.75, 3.05) is 6.56 Å². The van der Waals surface area contributed by atoms with Crippen LogP contribution >= 0.6 is 0 Å². The second-order valence-electron chi connectivity index (χ2n) is 2.46. The van der Waals surface area contributed by atoms with E-state index in [4.69, 9.17) is 2.74 Å². The summed E-state index contributed by atoms with van der Waals surface area (Å²) in [5.74, 6) is -0.605. The molecule has 0 fully saturated rings. The number of rotatable bonds is 4. The van der Waals surface area contributed by atoms with E-state index in [0.717, 1.165) is 11.6 Å². The summed E-state index contributed by atoms with van der Waals surface area (Å²) in [7, 11) is 0. The molecule has 2 nitrogen and oxygen atoms in total. The first-order chi connectivity index (χ1) is 7.03. The summed E-state index contributed by atoms with van der Waals surface area (Å²) >= 11 is 0. The summed E-state index contributed by atoms with van der Waals surface area (Å²) in [6.07, 6.45) is 1.02. The minimum Gasteiger partial charge on any atom is -0.461 e. The van der Waals surface area contributed by atoms with Crippen LogP contribution in [0, 0.1) is 0 Å². The van der Waals surface area contributed by atoms with Crippen LogP contribution in [0.2, 0.25) is 0 Å². The van der Waals surface area contributed by atoms with E-state index in [0.29, 0.717) is 0 Å². The second-order valence-corrected chi connectivity index (χ2v) is 2.46. The molecule has 0 heterocycles. The number of carbonyl (C=O) groups is 1. The molecule has 0 aliphatic carbocycles. The number of benzene rings is 1. The highest BCUT2D eigenvalue weighted by Crippen LogP contribution is 2.00. The average Bonchev–Trinajstić information content (AvgIpc) is 2.18. The first-order valence-electron chi connectivity index (χ1n) is 4.93. The van der Waals surface area contributed by atoms with Crippen LogP contribution < -0.4 is 0 Å². The van der Waals surface area contributed by atoms with Crippen LogP contribution in [0.4, 0.5) is 0 Å². The maximum atomic E-state index is 11.3. The molecule has 0 aliphatic rings. The van der Waals surface area contributed by atoms with Crippen molar-refractivity contribution in [2.24, 2.45) is 0 Å². The summed E-state index contributed by atoms with van der Waals surface area (Å²) in [5, 5.41) is 0. The molecule has 0 bridgehead atoms. The Bertz CT molecular complexity index is 347. The first-order valence-corrected chi connectivity index (χ1v) is 3.93. The molecule has 1 aromatic rings. The Morgan fingerprint density at radius 2 is 2.23 bits per heavy atom. The molecule has 0 atom stereocenters. The van der Waals surface area contributed by atoms with Crippen molar-refractivity contribution in [3.05, 3.63) is 48.6 Å². The molecule has 1 rings (SSSR count). The van der Waals surface area contributed by atoms with Crippen molar-refractivity contribution in [2.45, 2.75) is 6.42 Å². The van der Waals surface area contributed by atoms with E-state index in [2.05, 4.69) is 11.3 Å². The fraction of sp³-hybridized carbons (Fsp3) is 0.182. The highest BCUT2D eigenvalue weighted by Gasteiger charge is 2.01. The van der Waals surface area contributed by atoms with E-state index in [1.807, 2.05) is 18.2 Å². The van der Waals surface area contributed by atoms with Crippen molar-refractivity contribution in [3.8, 4) is 0 Å². The van der Waals surface area contributed by atoms with Crippen LogP contribution in [-0.4, -0.2) is 12.5 Å². The van der Waals surface area contributed by atoms with Crippen LogP contribution in [0.1, 0.15) is 8.30 Å². The molecule has 68 valence electrons. The van der Waals surface area contributed by atoms with Gasteiger partial charge in [-0.1, -0.05) is 43.0 Å². The van der Waals surface area contributed by atoms with Gasteiger partial charge in [0.05, 0.1) is 9.16 Å². The zero-order chi connectivity index (χ0) is 11.3. The van der Waals surface area contributed by atoms with Gasteiger partial charge >= 0.3 is 5.97 Å². The average molecular weight is 178 g/mol. The number of ether oxygens (including phenoxy) is 1.